The maximum atomic E-state index is 4.40. The lowest BCUT2D eigenvalue weighted by molar-refractivity contribution is -0.0667. The van der Waals surface area contributed by atoms with E-state index < -0.39 is 0 Å². The minimum absolute atomic E-state index is 0.133. The number of aliphatic imine (C=N–C) groups is 1. The summed E-state index contributed by atoms with van der Waals surface area (Å²) < 4.78 is 0. The molecule has 1 N–H and O–H groups in total. The Morgan fingerprint density at radius 1 is 1.47 bits per heavy atom. The molecule has 5 heteroatoms. The Balaban J connectivity index is 1.99. The standard InChI is InChI=1S/C14H24N4S/c1-10-7-16-11(19-10)8-17-12(15-6)18-9-13(2,3)14(18,4)5/h7H,8-9H2,1-6H3,(H,15,17). The highest BCUT2D eigenvalue weighted by atomic mass is 32.1. The maximum absolute atomic E-state index is 4.40. The van der Waals surface area contributed by atoms with E-state index >= 15 is 0 Å². The zero-order valence-electron chi connectivity index (χ0n) is 12.7. The van der Waals surface area contributed by atoms with Crippen LogP contribution in [-0.4, -0.2) is 35.0 Å². The van der Waals surface area contributed by atoms with Crippen LogP contribution in [0.2, 0.25) is 0 Å². The van der Waals surface area contributed by atoms with Crippen LogP contribution in [0.1, 0.15) is 37.6 Å². The van der Waals surface area contributed by atoms with Crippen LogP contribution in [0.25, 0.3) is 0 Å². The molecule has 19 heavy (non-hydrogen) atoms. The van der Waals surface area contributed by atoms with E-state index in [9.17, 15) is 0 Å². The van der Waals surface area contributed by atoms with Gasteiger partial charge in [-0.1, -0.05) is 13.8 Å². The second kappa shape index (κ2) is 4.78. The Kier molecular flexibility index (Phi) is 3.60. The lowest BCUT2D eigenvalue weighted by atomic mass is 9.65. The Bertz CT molecular complexity index is 487. The normalized spacial score (nSPS) is 21.2. The highest BCUT2D eigenvalue weighted by Crippen LogP contribution is 2.46. The first-order chi connectivity index (χ1) is 8.78. The quantitative estimate of drug-likeness (QED) is 0.669. The van der Waals surface area contributed by atoms with Gasteiger partial charge in [0.05, 0.1) is 6.54 Å². The summed E-state index contributed by atoms with van der Waals surface area (Å²) in [6.45, 7) is 13.0. The van der Waals surface area contributed by atoms with Gasteiger partial charge in [-0.2, -0.15) is 0 Å². The number of hydrogen-bond acceptors (Lipinski definition) is 3. The van der Waals surface area contributed by atoms with Gasteiger partial charge < -0.3 is 10.2 Å². The second-order valence-corrected chi connectivity index (χ2v) is 7.61. The van der Waals surface area contributed by atoms with E-state index in [-0.39, 0.29) is 5.54 Å². The number of rotatable bonds is 2. The van der Waals surface area contributed by atoms with Crippen molar-refractivity contribution in [2.45, 2.75) is 46.7 Å². The van der Waals surface area contributed by atoms with Crippen molar-refractivity contribution in [2.75, 3.05) is 13.6 Å². The first-order valence-electron chi connectivity index (χ1n) is 6.67. The third kappa shape index (κ3) is 2.48. The molecule has 1 aromatic rings. The zero-order chi connectivity index (χ0) is 14.3. The van der Waals surface area contributed by atoms with Crippen LogP contribution in [0.4, 0.5) is 0 Å². The predicted molar refractivity (Wildman–Crippen MR) is 81.6 cm³/mol. The topological polar surface area (TPSA) is 40.5 Å². The summed E-state index contributed by atoms with van der Waals surface area (Å²) in [6.07, 6.45) is 1.92. The van der Waals surface area contributed by atoms with E-state index in [0.29, 0.717) is 5.41 Å². The van der Waals surface area contributed by atoms with Gasteiger partial charge in [0.15, 0.2) is 5.96 Å². The molecule has 0 unspecified atom stereocenters. The molecule has 0 aromatic carbocycles. The van der Waals surface area contributed by atoms with Crippen molar-refractivity contribution in [1.82, 2.24) is 15.2 Å². The number of guanidine groups is 1. The summed E-state index contributed by atoms with van der Waals surface area (Å²) in [5.74, 6) is 0.970. The van der Waals surface area contributed by atoms with Crippen molar-refractivity contribution in [3.63, 3.8) is 0 Å². The molecule has 0 bridgehead atoms. The number of thiazole rings is 1. The van der Waals surface area contributed by atoms with Crippen molar-refractivity contribution < 1.29 is 0 Å². The molecule has 4 nitrogen and oxygen atoms in total. The average molecular weight is 280 g/mol. The number of aromatic nitrogens is 1. The van der Waals surface area contributed by atoms with Crippen LogP contribution in [0.15, 0.2) is 11.2 Å². The SMILES string of the molecule is CN=C(NCc1ncc(C)s1)N1CC(C)(C)C1(C)C. The highest BCUT2D eigenvalue weighted by molar-refractivity contribution is 7.11. The Morgan fingerprint density at radius 2 is 2.16 bits per heavy atom. The smallest absolute Gasteiger partial charge is 0.194 e. The largest absolute Gasteiger partial charge is 0.350 e. The van der Waals surface area contributed by atoms with Gasteiger partial charge in [-0.25, -0.2) is 4.98 Å². The molecule has 1 fully saturated rings. The third-order valence-corrected chi connectivity index (χ3v) is 5.33. The van der Waals surface area contributed by atoms with E-state index in [2.05, 4.69) is 54.8 Å². The highest BCUT2D eigenvalue weighted by Gasteiger charge is 2.53. The van der Waals surface area contributed by atoms with E-state index in [1.54, 1.807) is 11.3 Å². The summed E-state index contributed by atoms with van der Waals surface area (Å²) in [6, 6.07) is 0. The number of nitrogens with one attached hydrogen (secondary N) is 1. The molecule has 0 radical (unpaired) electrons. The minimum atomic E-state index is 0.133. The van der Waals surface area contributed by atoms with Crippen LogP contribution in [0.5, 0.6) is 0 Å². The molecule has 0 spiro atoms. The van der Waals surface area contributed by atoms with E-state index in [4.69, 9.17) is 0 Å². The monoisotopic (exact) mass is 280 g/mol. The first-order valence-corrected chi connectivity index (χ1v) is 7.49. The number of likely N-dealkylation sites (tertiary alicyclic amines) is 1. The number of nitrogens with zero attached hydrogens (tertiary/aromatic N) is 3. The maximum Gasteiger partial charge on any atom is 0.194 e. The molecule has 1 saturated heterocycles. The van der Waals surface area contributed by atoms with Crippen LogP contribution in [0.3, 0.4) is 0 Å². The van der Waals surface area contributed by atoms with Gasteiger partial charge in [0.2, 0.25) is 0 Å². The molecule has 0 atom stereocenters. The van der Waals surface area contributed by atoms with E-state index in [1.165, 1.54) is 4.88 Å². The van der Waals surface area contributed by atoms with Crippen molar-refractivity contribution >= 4 is 17.3 Å². The third-order valence-electron chi connectivity index (χ3n) is 4.42. The zero-order valence-corrected chi connectivity index (χ0v) is 13.6. The molecule has 0 saturated carbocycles. The van der Waals surface area contributed by atoms with Gasteiger partial charge in [-0.05, 0) is 20.8 Å². The van der Waals surface area contributed by atoms with Gasteiger partial charge in [0, 0.05) is 35.6 Å². The van der Waals surface area contributed by atoms with Crippen LogP contribution in [-0.2, 0) is 6.54 Å². The molecule has 0 amide bonds. The van der Waals surface area contributed by atoms with Crippen LogP contribution in [0, 0.1) is 12.3 Å². The van der Waals surface area contributed by atoms with Gasteiger partial charge >= 0.3 is 0 Å². The molecule has 0 aliphatic carbocycles. The fourth-order valence-corrected chi connectivity index (χ4v) is 3.06. The van der Waals surface area contributed by atoms with Crippen molar-refractivity contribution in [2.24, 2.45) is 10.4 Å². The molecular formula is C14H24N4S. The molecule has 2 heterocycles. The summed E-state index contributed by atoms with van der Waals surface area (Å²) >= 11 is 1.73. The van der Waals surface area contributed by atoms with E-state index in [0.717, 1.165) is 24.1 Å². The van der Waals surface area contributed by atoms with E-state index in [1.807, 2.05) is 13.2 Å². The predicted octanol–water partition coefficient (Wildman–Crippen LogP) is 2.65. The van der Waals surface area contributed by atoms with Crippen molar-refractivity contribution in [1.29, 1.82) is 0 Å². The second-order valence-electron chi connectivity index (χ2n) is 6.29. The van der Waals surface area contributed by atoms with Gasteiger partial charge in [0.1, 0.15) is 5.01 Å². The molecule has 2 rings (SSSR count). The molecule has 106 valence electrons. The minimum Gasteiger partial charge on any atom is -0.350 e. The Hall–Kier alpha value is -1.10. The lowest BCUT2D eigenvalue weighted by Crippen LogP contribution is -2.72. The summed E-state index contributed by atoms with van der Waals surface area (Å²) in [5.41, 5.74) is 0.454. The Labute approximate surface area is 120 Å². The molecule has 1 aliphatic rings. The van der Waals surface area contributed by atoms with Gasteiger partial charge in [-0.3, -0.25) is 4.99 Å². The average Bonchev–Trinajstić information content (AvgIpc) is 2.74. The van der Waals surface area contributed by atoms with Crippen molar-refractivity contribution in [3.05, 3.63) is 16.1 Å². The summed E-state index contributed by atoms with van der Waals surface area (Å²) in [7, 11) is 1.84. The Morgan fingerprint density at radius 3 is 2.58 bits per heavy atom. The van der Waals surface area contributed by atoms with Crippen LogP contribution < -0.4 is 5.32 Å². The summed E-state index contributed by atoms with van der Waals surface area (Å²) in [4.78, 5) is 12.4. The molecule has 1 aliphatic heterocycles. The van der Waals surface area contributed by atoms with Crippen molar-refractivity contribution in [3.8, 4) is 0 Å². The number of aryl methyl sites for hydroxylation is 1. The lowest BCUT2D eigenvalue weighted by Gasteiger charge is -2.62. The number of hydrogen-bond donors (Lipinski definition) is 1. The van der Waals surface area contributed by atoms with Gasteiger partial charge in [0.25, 0.3) is 0 Å². The molecular weight excluding hydrogens is 256 g/mol. The van der Waals surface area contributed by atoms with Gasteiger partial charge in [-0.15, -0.1) is 11.3 Å². The fourth-order valence-electron chi connectivity index (χ4n) is 2.33. The first kappa shape index (κ1) is 14.3. The fraction of sp³-hybridized carbons (Fsp3) is 0.714. The summed E-state index contributed by atoms with van der Waals surface area (Å²) in [5, 5.41) is 4.53. The van der Waals surface area contributed by atoms with Crippen LogP contribution >= 0.6 is 11.3 Å². The molecule has 1 aromatic heterocycles.